The third-order valence-electron chi connectivity index (χ3n) is 5.03. The summed E-state index contributed by atoms with van der Waals surface area (Å²) in [7, 11) is -1.89. The van der Waals surface area contributed by atoms with E-state index in [1.807, 2.05) is 31.9 Å². The maximum absolute atomic E-state index is 13.0. The number of hydrogen-bond donors (Lipinski definition) is 0. The molecule has 13 heteroatoms. The lowest BCUT2D eigenvalue weighted by Gasteiger charge is -2.31. The van der Waals surface area contributed by atoms with Crippen LogP contribution in [0.1, 0.15) is 11.4 Å². The van der Waals surface area contributed by atoms with Gasteiger partial charge in [0.05, 0.1) is 14.7 Å². The summed E-state index contributed by atoms with van der Waals surface area (Å²) in [6, 6.07) is 5.80. The van der Waals surface area contributed by atoms with Crippen LogP contribution in [-0.2, 0) is 10.0 Å². The molecule has 1 fully saturated rings. The normalized spacial score (nSPS) is 16.1. The molecule has 1 saturated heterocycles. The van der Waals surface area contributed by atoms with Gasteiger partial charge < -0.3 is 4.90 Å². The van der Waals surface area contributed by atoms with Gasteiger partial charge in [-0.1, -0.05) is 0 Å². The largest absolute Gasteiger partial charge is 0.304 e. The Morgan fingerprint density at radius 1 is 1.10 bits per heavy atom. The van der Waals surface area contributed by atoms with Crippen molar-refractivity contribution in [3.05, 3.63) is 45.8 Å². The van der Waals surface area contributed by atoms with Gasteiger partial charge in [-0.2, -0.15) is 9.29 Å². The topological polar surface area (TPSA) is 127 Å². The number of fused-ring (bicyclic) bond motifs is 1. The summed E-state index contributed by atoms with van der Waals surface area (Å²) in [4.78, 5) is 22.0. The van der Waals surface area contributed by atoms with E-state index in [1.165, 1.54) is 16.4 Å². The van der Waals surface area contributed by atoms with Crippen LogP contribution in [0, 0.1) is 24.0 Å². The Labute approximate surface area is 183 Å². The monoisotopic (exact) mass is 463 g/mol. The molecule has 0 spiro atoms. The molecule has 3 heterocycles. The lowest BCUT2D eigenvalue weighted by atomic mass is 10.3. The average Bonchev–Trinajstić information content (AvgIpc) is 3.11. The minimum atomic E-state index is -3.81. The van der Waals surface area contributed by atoms with Crippen molar-refractivity contribution in [3.63, 3.8) is 0 Å². The standard InChI is InChI=1S/C18H21N7O4S2/c1-12-10-13(2)24-17(19-12)20-18(21-24)30-16-5-4-14(11-15(16)25(26)27)31(28,29)23-8-6-22(3)7-9-23/h4-5,10-11H,6-9H2,1-3H3. The lowest BCUT2D eigenvalue weighted by molar-refractivity contribution is -0.388. The molecule has 3 aromatic rings. The van der Waals surface area contributed by atoms with Crippen molar-refractivity contribution in [2.75, 3.05) is 33.2 Å². The van der Waals surface area contributed by atoms with Crippen LogP contribution in [0.5, 0.6) is 0 Å². The van der Waals surface area contributed by atoms with Crippen LogP contribution in [0.2, 0.25) is 0 Å². The second-order valence-electron chi connectivity index (χ2n) is 7.34. The first-order valence-corrected chi connectivity index (χ1v) is 11.8. The Morgan fingerprint density at radius 2 is 1.81 bits per heavy atom. The fourth-order valence-corrected chi connectivity index (χ4v) is 5.62. The Hall–Kier alpha value is -2.61. The highest BCUT2D eigenvalue weighted by atomic mass is 32.2. The first-order valence-electron chi connectivity index (χ1n) is 9.51. The van der Waals surface area contributed by atoms with Crippen molar-refractivity contribution >= 4 is 33.3 Å². The van der Waals surface area contributed by atoms with Crippen LogP contribution in [0.4, 0.5) is 5.69 Å². The molecule has 2 aromatic heterocycles. The van der Waals surface area contributed by atoms with Gasteiger partial charge in [-0.25, -0.2) is 17.9 Å². The minimum Gasteiger partial charge on any atom is -0.304 e. The molecule has 0 atom stereocenters. The van der Waals surface area contributed by atoms with Crippen molar-refractivity contribution < 1.29 is 13.3 Å². The highest BCUT2D eigenvalue weighted by Gasteiger charge is 2.30. The molecule has 11 nitrogen and oxygen atoms in total. The lowest BCUT2D eigenvalue weighted by Crippen LogP contribution is -2.47. The molecule has 0 saturated carbocycles. The second kappa shape index (κ2) is 8.15. The van der Waals surface area contributed by atoms with Crippen LogP contribution < -0.4 is 0 Å². The molecular weight excluding hydrogens is 442 g/mol. The van der Waals surface area contributed by atoms with Gasteiger partial charge in [0.25, 0.3) is 11.5 Å². The van der Waals surface area contributed by atoms with E-state index >= 15 is 0 Å². The van der Waals surface area contributed by atoms with E-state index in [1.54, 1.807) is 4.52 Å². The summed E-state index contributed by atoms with van der Waals surface area (Å²) >= 11 is 0.998. The van der Waals surface area contributed by atoms with Crippen LogP contribution in [0.3, 0.4) is 0 Å². The number of hydrogen-bond acceptors (Lipinski definition) is 9. The van der Waals surface area contributed by atoms with Gasteiger partial charge in [-0.05, 0) is 50.9 Å². The molecule has 1 aliphatic rings. The van der Waals surface area contributed by atoms with E-state index in [0.717, 1.165) is 29.2 Å². The van der Waals surface area contributed by atoms with Crippen molar-refractivity contribution in [1.29, 1.82) is 0 Å². The van der Waals surface area contributed by atoms with Crippen LogP contribution >= 0.6 is 11.8 Å². The fourth-order valence-electron chi connectivity index (χ4n) is 3.35. The number of likely N-dealkylation sites (N-methyl/N-ethyl adjacent to an activating group) is 1. The molecule has 164 valence electrons. The Kier molecular flexibility index (Phi) is 5.68. The van der Waals surface area contributed by atoms with E-state index in [2.05, 4.69) is 15.1 Å². The molecule has 31 heavy (non-hydrogen) atoms. The molecule has 0 aliphatic carbocycles. The number of nitro benzene ring substituents is 1. The third-order valence-corrected chi connectivity index (χ3v) is 7.84. The third kappa shape index (κ3) is 4.26. The number of nitro groups is 1. The van der Waals surface area contributed by atoms with Crippen LogP contribution in [0.15, 0.2) is 39.2 Å². The van der Waals surface area contributed by atoms with Gasteiger partial charge >= 0.3 is 0 Å². The van der Waals surface area contributed by atoms with E-state index < -0.39 is 14.9 Å². The maximum atomic E-state index is 13.0. The molecular formula is C18H21N7O4S2. The van der Waals surface area contributed by atoms with Crippen LogP contribution in [-0.4, -0.2) is 75.4 Å². The fraction of sp³-hybridized carbons (Fsp3) is 0.389. The molecule has 0 bridgehead atoms. The molecule has 1 aliphatic heterocycles. The van der Waals surface area contributed by atoms with E-state index in [-0.39, 0.29) is 15.5 Å². The molecule has 1 aromatic carbocycles. The molecule has 4 rings (SSSR count). The van der Waals surface area contributed by atoms with Gasteiger partial charge in [-0.3, -0.25) is 10.1 Å². The minimum absolute atomic E-state index is 0.0933. The summed E-state index contributed by atoms with van der Waals surface area (Å²) in [6.07, 6.45) is 0. The highest BCUT2D eigenvalue weighted by molar-refractivity contribution is 7.99. The van der Waals surface area contributed by atoms with Crippen molar-refractivity contribution in [2.24, 2.45) is 0 Å². The zero-order valence-corrected chi connectivity index (χ0v) is 18.9. The predicted octanol–water partition coefficient (Wildman–Crippen LogP) is 1.74. The number of rotatable bonds is 5. The van der Waals surface area contributed by atoms with E-state index in [9.17, 15) is 18.5 Å². The van der Waals surface area contributed by atoms with Gasteiger partial charge in [0.2, 0.25) is 15.2 Å². The zero-order valence-electron chi connectivity index (χ0n) is 17.2. The quantitative estimate of drug-likeness (QED) is 0.410. The van der Waals surface area contributed by atoms with Crippen molar-refractivity contribution in [3.8, 4) is 0 Å². The van der Waals surface area contributed by atoms with Crippen LogP contribution in [0.25, 0.3) is 5.78 Å². The predicted molar refractivity (Wildman–Crippen MR) is 114 cm³/mol. The zero-order chi connectivity index (χ0) is 22.3. The number of benzene rings is 1. The molecule has 0 radical (unpaired) electrons. The number of piperazine rings is 1. The smallest absolute Gasteiger partial charge is 0.284 e. The SMILES string of the molecule is Cc1cc(C)n2nc(Sc3ccc(S(=O)(=O)N4CCN(C)CC4)cc3[N+](=O)[O-])nc2n1. The van der Waals surface area contributed by atoms with Gasteiger partial charge in [0, 0.05) is 43.6 Å². The summed E-state index contributed by atoms with van der Waals surface area (Å²) in [5.41, 5.74) is 1.32. The number of aryl methyl sites for hydroxylation is 2. The second-order valence-corrected chi connectivity index (χ2v) is 10.3. The molecule has 0 N–H and O–H groups in total. The van der Waals surface area contributed by atoms with Gasteiger partial charge in [0.15, 0.2) is 0 Å². The van der Waals surface area contributed by atoms with Crippen molar-refractivity contribution in [2.45, 2.75) is 28.8 Å². The maximum Gasteiger partial charge on any atom is 0.284 e. The van der Waals surface area contributed by atoms with E-state index in [0.29, 0.717) is 37.1 Å². The molecule has 0 amide bonds. The Morgan fingerprint density at radius 3 is 2.48 bits per heavy atom. The Bertz CT molecular complexity index is 1270. The number of aromatic nitrogens is 4. The summed E-state index contributed by atoms with van der Waals surface area (Å²) in [6.45, 7) is 5.63. The average molecular weight is 464 g/mol. The Balaban J connectivity index is 1.67. The molecule has 0 unspecified atom stereocenters. The first kappa shape index (κ1) is 21.6. The summed E-state index contributed by atoms with van der Waals surface area (Å²) < 4.78 is 28.9. The highest BCUT2D eigenvalue weighted by Crippen LogP contribution is 2.35. The van der Waals surface area contributed by atoms with Gasteiger partial charge in [-0.15, -0.1) is 5.10 Å². The first-order chi connectivity index (χ1) is 14.6. The summed E-state index contributed by atoms with van der Waals surface area (Å²) in [5.74, 6) is 0.400. The summed E-state index contributed by atoms with van der Waals surface area (Å²) in [5, 5.41) is 16.3. The number of sulfonamides is 1. The van der Waals surface area contributed by atoms with E-state index in [4.69, 9.17) is 0 Å². The van der Waals surface area contributed by atoms with Gasteiger partial charge in [0.1, 0.15) is 0 Å². The van der Waals surface area contributed by atoms with Crippen molar-refractivity contribution in [1.82, 2.24) is 28.8 Å². The number of nitrogens with zero attached hydrogens (tertiary/aromatic N) is 7.